The second kappa shape index (κ2) is 9.27. The average Bonchev–Trinajstić information content (AvgIpc) is 2.65. The van der Waals surface area contributed by atoms with E-state index in [4.69, 9.17) is 9.47 Å². The highest BCUT2D eigenvalue weighted by Crippen LogP contribution is 2.29. The minimum atomic E-state index is -3.51. The van der Waals surface area contributed by atoms with Crippen LogP contribution in [0.5, 0.6) is 11.5 Å². The summed E-state index contributed by atoms with van der Waals surface area (Å²) in [4.78, 5) is 12.1. The molecule has 0 saturated heterocycles. The predicted octanol–water partition coefficient (Wildman–Crippen LogP) is 2.89. The quantitative estimate of drug-likeness (QED) is 0.709. The summed E-state index contributed by atoms with van der Waals surface area (Å²) in [5.74, 6) is 0.979. The van der Waals surface area contributed by atoms with E-state index in [1.54, 1.807) is 55.6 Å². The molecule has 0 saturated carbocycles. The van der Waals surface area contributed by atoms with Gasteiger partial charge in [0.1, 0.15) is 11.5 Å². The van der Waals surface area contributed by atoms with Crippen molar-refractivity contribution < 1.29 is 22.7 Å². The molecule has 8 heteroatoms. The van der Waals surface area contributed by atoms with Crippen LogP contribution in [0, 0.1) is 0 Å². The van der Waals surface area contributed by atoms with Crippen molar-refractivity contribution >= 4 is 27.3 Å². The van der Waals surface area contributed by atoms with Gasteiger partial charge in [0, 0.05) is 18.7 Å². The lowest BCUT2D eigenvalue weighted by molar-refractivity contribution is -0.116. The van der Waals surface area contributed by atoms with Crippen LogP contribution >= 0.6 is 0 Å². The van der Waals surface area contributed by atoms with Gasteiger partial charge in [-0.25, -0.2) is 8.42 Å². The van der Waals surface area contributed by atoms with E-state index >= 15 is 0 Å². The van der Waals surface area contributed by atoms with Crippen LogP contribution in [0.15, 0.2) is 48.5 Å². The summed E-state index contributed by atoms with van der Waals surface area (Å²) in [5, 5.41) is 2.78. The molecule has 27 heavy (non-hydrogen) atoms. The Hall–Kier alpha value is -2.74. The van der Waals surface area contributed by atoms with Crippen LogP contribution in [0.4, 0.5) is 11.4 Å². The summed E-state index contributed by atoms with van der Waals surface area (Å²) in [5.41, 5.74) is 1.11. The maximum absolute atomic E-state index is 12.2. The fourth-order valence-corrected chi connectivity index (χ4v) is 3.55. The zero-order valence-electron chi connectivity index (χ0n) is 15.6. The lowest BCUT2D eigenvalue weighted by Gasteiger charge is -2.24. The first-order chi connectivity index (χ1) is 12.8. The molecule has 2 rings (SSSR count). The number of ether oxygens (including phenoxy) is 2. The molecule has 0 spiro atoms. The summed E-state index contributed by atoms with van der Waals surface area (Å²) < 4.78 is 36.0. The Labute approximate surface area is 160 Å². The molecule has 0 aromatic heterocycles. The van der Waals surface area contributed by atoms with Crippen molar-refractivity contribution in [2.24, 2.45) is 0 Å². The third kappa shape index (κ3) is 5.89. The van der Waals surface area contributed by atoms with E-state index in [-0.39, 0.29) is 18.9 Å². The van der Waals surface area contributed by atoms with Crippen molar-refractivity contribution in [2.75, 3.05) is 36.6 Å². The zero-order chi connectivity index (χ0) is 19.9. The van der Waals surface area contributed by atoms with Gasteiger partial charge in [0.15, 0.2) is 0 Å². The first-order valence-corrected chi connectivity index (χ1v) is 10.2. The number of carbonyl (C=O) groups is 1. The predicted molar refractivity (Wildman–Crippen MR) is 106 cm³/mol. The van der Waals surface area contributed by atoms with Crippen molar-refractivity contribution in [1.82, 2.24) is 0 Å². The van der Waals surface area contributed by atoms with Crippen molar-refractivity contribution in [3.8, 4) is 11.5 Å². The van der Waals surface area contributed by atoms with Gasteiger partial charge in [-0.2, -0.15) is 0 Å². The van der Waals surface area contributed by atoms with Crippen LogP contribution < -0.4 is 19.1 Å². The van der Waals surface area contributed by atoms with Crippen LogP contribution in [-0.4, -0.2) is 41.3 Å². The highest BCUT2D eigenvalue weighted by atomic mass is 32.2. The first kappa shape index (κ1) is 20.6. The molecule has 0 aliphatic heterocycles. The second-order valence-corrected chi connectivity index (χ2v) is 7.79. The number of hydrogen-bond acceptors (Lipinski definition) is 5. The van der Waals surface area contributed by atoms with Gasteiger partial charge in [0.2, 0.25) is 15.9 Å². The fourth-order valence-electron chi connectivity index (χ4n) is 2.58. The Morgan fingerprint density at radius 1 is 1.04 bits per heavy atom. The van der Waals surface area contributed by atoms with E-state index in [2.05, 4.69) is 5.32 Å². The van der Waals surface area contributed by atoms with E-state index in [9.17, 15) is 13.2 Å². The Morgan fingerprint density at radius 3 is 2.30 bits per heavy atom. The lowest BCUT2D eigenvalue weighted by Crippen LogP contribution is -2.31. The van der Waals surface area contributed by atoms with Gasteiger partial charge in [-0.15, -0.1) is 0 Å². The Balaban J connectivity index is 1.98. The molecule has 0 atom stereocenters. The Morgan fingerprint density at radius 2 is 1.70 bits per heavy atom. The monoisotopic (exact) mass is 392 g/mol. The van der Waals surface area contributed by atoms with Crippen molar-refractivity contribution in [1.29, 1.82) is 0 Å². The average molecular weight is 392 g/mol. The second-order valence-electron chi connectivity index (χ2n) is 5.89. The molecule has 7 nitrogen and oxygen atoms in total. The number of amides is 1. The largest absolute Gasteiger partial charge is 0.497 e. The molecular weight excluding hydrogens is 368 g/mol. The van der Waals surface area contributed by atoms with E-state index in [1.165, 1.54) is 11.4 Å². The van der Waals surface area contributed by atoms with Crippen LogP contribution in [0.2, 0.25) is 0 Å². The number of sulfonamides is 1. The van der Waals surface area contributed by atoms with E-state index < -0.39 is 10.0 Å². The highest BCUT2D eigenvalue weighted by Gasteiger charge is 2.20. The third-order valence-corrected chi connectivity index (χ3v) is 5.07. The number of para-hydroxylation sites is 2. The summed E-state index contributed by atoms with van der Waals surface area (Å²) in [6.45, 7) is 0.176. The van der Waals surface area contributed by atoms with Gasteiger partial charge < -0.3 is 14.8 Å². The molecule has 2 aromatic rings. The van der Waals surface area contributed by atoms with Gasteiger partial charge in [0.05, 0.1) is 26.2 Å². The minimum absolute atomic E-state index is 0.176. The number of nitrogens with one attached hydrogen (secondary N) is 1. The standard InChI is InChI=1S/C19H24N2O5S/c1-25-16-12-10-15(11-13-16)20-19(22)9-6-14-21(27(3,23)24)17-7-4-5-8-18(17)26-2/h4-5,7-8,10-13H,6,9,14H2,1-3H3,(H,20,22). The molecule has 146 valence electrons. The molecule has 1 amide bonds. The number of nitrogens with zero attached hydrogens (tertiary/aromatic N) is 1. The molecule has 1 N–H and O–H groups in total. The van der Waals surface area contributed by atoms with Crippen LogP contribution in [-0.2, 0) is 14.8 Å². The summed E-state index contributed by atoms with van der Waals surface area (Å²) in [7, 11) is -0.447. The summed E-state index contributed by atoms with van der Waals surface area (Å²) >= 11 is 0. The SMILES string of the molecule is COc1ccc(NC(=O)CCCN(c2ccccc2OC)S(C)(=O)=O)cc1. The van der Waals surface area contributed by atoms with Crippen molar-refractivity contribution in [3.63, 3.8) is 0 Å². The topological polar surface area (TPSA) is 84.9 Å². The van der Waals surface area contributed by atoms with Gasteiger partial charge in [-0.05, 0) is 42.8 Å². The number of methoxy groups -OCH3 is 2. The van der Waals surface area contributed by atoms with Gasteiger partial charge in [-0.3, -0.25) is 9.10 Å². The Bertz CT molecular complexity index is 866. The molecule has 0 unspecified atom stereocenters. The van der Waals surface area contributed by atoms with Crippen LogP contribution in [0.25, 0.3) is 0 Å². The molecule has 0 aliphatic carbocycles. The van der Waals surface area contributed by atoms with E-state index in [0.29, 0.717) is 29.3 Å². The van der Waals surface area contributed by atoms with E-state index in [0.717, 1.165) is 6.26 Å². The fraction of sp³-hybridized carbons (Fsp3) is 0.316. The number of anilines is 2. The van der Waals surface area contributed by atoms with Gasteiger partial charge in [0.25, 0.3) is 0 Å². The lowest BCUT2D eigenvalue weighted by atomic mass is 10.2. The molecule has 0 bridgehead atoms. The number of rotatable bonds is 9. The van der Waals surface area contributed by atoms with Crippen LogP contribution in [0.1, 0.15) is 12.8 Å². The number of hydrogen-bond donors (Lipinski definition) is 1. The van der Waals surface area contributed by atoms with Crippen LogP contribution in [0.3, 0.4) is 0 Å². The molecule has 0 heterocycles. The van der Waals surface area contributed by atoms with E-state index in [1.807, 2.05) is 0 Å². The normalized spacial score (nSPS) is 10.9. The molecule has 0 aliphatic rings. The van der Waals surface area contributed by atoms with Crippen molar-refractivity contribution in [2.45, 2.75) is 12.8 Å². The summed E-state index contributed by atoms with van der Waals surface area (Å²) in [6, 6.07) is 13.9. The zero-order valence-corrected chi connectivity index (χ0v) is 16.5. The molecule has 0 radical (unpaired) electrons. The number of carbonyl (C=O) groups excluding carboxylic acids is 1. The Kier molecular flexibility index (Phi) is 7.06. The number of benzene rings is 2. The maximum atomic E-state index is 12.2. The third-order valence-electron chi connectivity index (χ3n) is 3.89. The molecule has 0 fully saturated rings. The molecular formula is C19H24N2O5S. The van der Waals surface area contributed by atoms with Crippen molar-refractivity contribution in [3.05, 3.63) is 48.5 Å². The molecule has 2 aromatic carbocycles. The highest BCUT2D eigenvalue weighted by molar-refractivity contribution is 7.92. The maximum Gasteiger partial charge on any atom is 0.232 e. The van der Waals surface area contributed by atoms with Gasteiger partial charge >= 0.3 is 0 Å². The smallest absolute Gasteiger partial charge is 0.232 e. The summed E-state index contributed by atoms with van der Waals surface area (Å²) in [6.07, 6.45) is 1.69. The minimum Gasteiger partial charge on any atom is -0.497 e. The first-order valence-electron chi connectivity index (χ1n) is 8.40. The van der Waals surface area contributed by atoms with Gasteiger partial charge in [-0.1, -0.05) is 12.1 Å².